The first kappa shape index (κ1) is 11.7. The third kappa shape index (κ3) is 2.18. The Morgan fingerprint density at radius 1 is 1.35 bits per heavy atom. The minimum Gasteiger partial charge on any atom is -0.493 e. The number of cyclic esters (lactones) is 1. The summed E-state index contributed by atoms with van der Waals surface area (Å²) in [6, 6.07) is 2.30. The van der Waals surface area contributed by atoms with E-state index in [1.54, 1.807) is 20.8 Å². The summed E-state index contributed by atoms with van der Waals surface area (Å²) in [5.74, 6) is -1.89. The molecule has 0 spiro atoms. The molecule has 0 atom stereocenters. The Balaban J connectivity index is 2.54. The van der Waals surface area contributed by atoms with Crippen LogP contribution in [0.1, 0.15) is 31.1 Å². The maximum absolute atomic E-state index is 13.3. The topological polar surface area (TPSA) is 44.8 Å². The average Bonchev–Trinajstić information content (AvgIpc) is 2.13. The van der Waals surface area contributed by atoms with Crippen molar-refractivity contribution in [2.45, 2.75) is 26.6 Å². The molecule has 0 aliphatic carbocycles. The summed E-state index contributed by atoms with van der Waals surface area (Å²) >= 11 is 0. The van der Waals surface area contributed by atoms with Gasteiger partial charge < -0.3 is 14.2 Å². The Hall–Kier alpha value is -1.78. The lowest BCUT2D eigenvalue weighted by molar-refractivity contribution is -0.127. The van der Waals surface area contributed by atoms with Crippen LogP contribution in [0.5, 0.6) is 11.5 Å². The van der Waals surface area contributed by atoms with Crippen molar-refractivity contribution in [3.8, 4) is 11.5 Å². The highest BCUT2D eigenvalue weighted by molar-refractivity contribution is 5.96. The summed E-state index contributed by atoms with van der Waals surface area (Å²) in [6.45, 7) is 5.24. The molecular formula is C12H13FO4. The zero-order valence-electron chi connectivity index (χ0n) is 9.87. The molecule has 0 aromatic heterocycles. The van der Waals surface area contributed by atoms with E-state index in [1.165, 1.54) is 0 Å². The van der Waals surface area contributed by atoms with Gasteiger partial charge in [-0.15, -0.1) is 0 Å². The average molecular weight is 240 g/mol. The third-order valence-electron chi connectivity index (χ3n) is 2.23. The third-order valence-corrected chi connectivity index (χ3v) is 2.23. The van der Waals surface area contributed by atoms with Gasteiger partial charge in [0, 0.05) is 26.0 Å². The highest BCUT2D eigenvalue weighted by atomic mass is 19.1. The van der Waals surface area contributed by atoms with Crippen LogP contribution in [0.4, 0.5) is 4.39 Å². The number of esters is 1. The Bertz CT molecular complexity index is 468. The van der Waals surface area contributed by atoms with Gasteiger partial charge in [0.1, 0.15) is 22.9 Å². The maximum Gasteiger partial charge on any atom is 0.349 e. The molecule has 1 heterocycles. The Morgan fingerprint density at radius 3 is 2.71 bits per heavy atom. The number of hydrogen-bond donors (Lipinski definition) is 0. The van der Waals surface area contributed by atoms with Gasteiger partial charge in [0.05, 0.1) is 6.61 Å². The van der Waals surface area contributed by atoms with E-state index >= 15 is 0 Å². The molecule has 0 N–H and O–H groups in total. The lowest BCUT2D eigenvalue weighted by Gasteiger charge is -2.32. The molecule has 0 unspecified atom stereocenters. The molecular weight excluding hydrogens is 227 g/mol. The van der Waals surface area contributed by atoms with Crippen LogP contribution in [-0.2, 0) is 4.74 Å². The first-order chi connectivity index (χ1) is 7.93. The molecule has 0 saturated carbocycles. The van der Waals surface area contributed by atoms with E-state index in [0.717, 1.165) is 12.1 Å². The second kappa shape index (κ2) is 3.91. The number of ether oxygens (including phenoxy) is 3. The summed E-state index contributed by atoms with van der Waals surface area (Å²) < 4.78 is 29.0. The molecule has 0 saturated heterocycles. The highest BCUT2D eigenvalue weighted by Crippen LogP contribution is 2.37. The van der Waals surface area contributed by atoms with Crippen LogP contribution in [0.2, 0.25) is 0 Å². The van der Waals surface area contributed by atoms with Gasteiger partial charge in [-0.05, 0) is 6.92 Å². The molecule has 92 valence electrons. The van der Waals surface area contributed by atoms with Crippen LogP contribution in [0.15, 0.2) is 12.1 Å². The van der Waals surface area contributed by atoms with Gasteiger partial charge in [0.25, 0.3) is 0 Å². The normalized spacial score (nSPS) is 16.8. The quantitative estimate of drug-likeness (QED) is 0.745. The van der Waals surface area contributed by atoms with Crippen molar-refractivity contribution >= 4 is 5.97 Å². The van der Waals surface area contributed by atoms with Crippen molar-refractivity contribution in [3.05, 3.63) is 23.5 Å². The molecule has 17 heavy (non-hydrogen) atoms. The maximum atomic E-state index is 13.3. The van der Waals surface area contributed by atoms with Gasteiger partial charge in [-0.1, -0.05) is 0 Å². The second-order valence-corrected chi connectivity index (χ2v) is 4.10. The summed E-state index contributed by atoms with van der Waals surface area (Å²) in [6.07, 6.45) is 0. The van der Waals surface area contributed by atoms with Crippen LogP contribution in [0, 0.1) is 5.82 Å². The highest BCUT2D eigenvalue weighted by Gasteiger charge is 2.36. The fraction of sp³-hybridized carbons (Fsp3) is 0.417. The minimum absolute atomic E-state index is 0.132. The Morgan fingerprint density at radius 2 is 2.06 bits per heavy atom. The molecule has 0 bridgehead atoms. The number of fused-ring (bicyclic) bond motifs is 1. The number of hydrogen-bond acceptors (Lipinski definition) is 4. The molecule has 0 amide bonds. The molecule has 4 nitrogen and oxygen atoms in total. The summed E-state index contributed by atoms with van der Waals surface area (Å²) in [7, 11) is 0. The van der Waals surface area contributed by atoms with Crippen molar-refractivity contribution in [2.24, 2.45) is 0 Å². The molecule has 0 radical (unpaired) electrons. The van der Waals surface area contributed by atoms with Crippen molar-refractivity contribution in [1.29, 1.82) is 0 Å². The van der Waals surface area contributed by atoms with Gasteiger partial charge >= 0.3 is 5.97 Å². The van der Waals surface area contributed by atoms with Crippen molar-refractivity contribution in [2.75, 3.05) is 6.61 Å². The summed E-state index contributed by atoms with van der Waals surface area (Å²) in [5, 5.41) is 0. The van der Waals surface area contributed by atoms with Crippen LogP contribution in [0.25, 0.3) is 0 Å². The van der Waals surface area contributed by atoms with Crippen LogP contribution < -0.4 is 9.47 Å². The van der Waals surface area contributed by atoms with Crippen molar-refractivity contribution in [3.63, 3.8) is 0 Å². The lowest BCUT2D eigenvalue weighted by atomic mass is 10.1. The van der Waals surface area contributed by atoms with Gasteiger partial charge in [-0.3, -0.25) is 0 Å². The summed E-state index contributed by atoms with van der Waals surface area (Å²) in [4.78, 5) is 11.8. The van der Waals surface area contributed by atoms with Crippen LogP contribution in [0.3, 0.4) is 0 Å². The van der Waals surface area contributed by atoms with Crippen molar-refractivity contribution in [1.82, 2.24) is 0 Å². The second-order valence-electron chi connectivity index (χ2n) is 4.10. The first-order valence-electron chi connectivity index (χ1n) is 5.31. The molecule has 1 aliphatic heterocycles. The fourth-order valence-corrected chi connectivity index (χ4v) is 1.67. The first-order valence-corrected chi connectivity index (χ1v) is 5.31. The molecule has 2 rings (SSSR count). The number of benzene rings is 1. The van der Waals surface area contributed by atoms with Gasteiger partial charge in [-0.2, -0.15) is 0 Å². The largest absolute Gasteiger partial charge is 0.493 e. The van der Waals surface area contributed by atoms with E-state index in [9.17, 15) is 9.18 Å². The minimum atomic E-state index is -1.10. The van der Waals surface area contributed by atoms with Crippen molar-refractivity contribution < 1.29 is 23.4 Å². The predicted molar refractivity (Wildman–Crippen MR) is 57.7 cm³/mol. The SMILES string of the molecule is CCOc1cc(F)cc2c1C(=O)OC(C)(C)O2. The molecule has 1 aromatic carbocycles. The van der Waals surface area contributed by atoms with Gasteiger partial charge in [0.2, 0.25) is 5.79 Å². The fourth-order valence-electron chi connectivity index (χ4n) is 1.67. The Kier molecular flexibility index (Phi) is 2.69. The van der Waals surface area contributed by atoms with E-state index in [1.807, 2.05) is 0 Å². The molecule has 1 aliphatic rings. The van der Waals surface area contributed by atoms with E-state index in [2.05, 4.69) is 0 Å². The number of carbonyl (C=O) groups excluding carboxylic acids is 1. The van der Waals surface area contributed by atoms with Crippen LogP contribution >= 0.6 is 0 Å². The number of halogens is 1. The standard InChI is InChI=1S/C12H13FO4/c1-4-15-8-5-7(13)6-9-10(8)11(14)17-12(2,3)16-9/h5-6H,4H2,1-3H3. The number of carbonyl (C=O) groups is 1. The summed E-state index contributed by atoms with van der Waals surface area (Å²) in [5.41, 5.74) is 0.132. The predicted octanol–water partition coefficient (Wildman–Crippen LogP) is 2.51. The van der Waals surface area contributed by atoms with Gasteiger partial charge in [-0.25, -0.2) is 9.18 Å². The van der Waals surface area contributed by atoms with Gasteiger partial charge in [0.15, 0.2) is 0 Å². The zero-order chi connectivity index (χ0) is 12.6. The van der Waals surface area contributed by atoms with E-state index < -0.39 is 17.6 Å². The van der Waals surface area contributed by atoms with E-state index in [4.69, 9.17) is 14.2 Å². The lowest BCUT2D eigenvalue weighted by Crippen LogP contribution is -2.39. The van der Waals surface area contributed by atoms with E-state index in [-0.39, 0.29) is 17.1 Å². The zero-order valence-corrected chi connectivity index (χ0v) is 9.87. The molecule has 5 heteroatoms. The Labute approximate surface area is 98.3 Å². The smallest absolute Gasteiger partial charge is 0.349 e. The van der Waals surface area contributed by atoms with Crippen LogP contribution in [-0.4, -0.2) is 18.4 Å². The molecule has 1 aromatic rings. The number of rotatable bonds is 2. The van der Waals surface area contributed by atoms with E-state index in [0.29, 0.717) is 6.61 Å². The monoisotopic (exact) mass is 240 g/mol. The molecule has 0 fully saturated rings.